The first kappa shape index (κ1) is 20.3. The molecule has 150 valence electrons. The Kier molecular flexibility index (Phi) is 6.46. The van der Waals surface area contributed by atoms with Gasteiger partial charge in [0, 0.05) is 30.6 Å². The molecule has 0 fully saturated rings. The zero-order chi connectivity index (χ0) is 20.8. The van der Waals surface area contributed by atoms with Crippen molar-refractivity contribution in [3.63, 3.8) is 0 Å². The number of fused-ring (bicyclic) bond motifs is 1. The molecule has 3 aromatic rings. The van der Waals surface area contributed by atoms with Gasteiger partial charge in [-0.25, -0.2) is 4.98 Å². The third kappa shape index (κ3) is 5.32. The number of amides is 3. The van der Waals surface area contributed by atoms with Gasteiger partial charge in [-0.15, -0.1) is 0 Å². The number of carbonyl (C=O) groups excluding carboxylic acids is 3. The number of aryl methyl sites for hydroxylation is 1. The van der Waals surface area contributed by atoms with Crippen LogP contribution in [-0.2, 0) is 23.1 Å². The fraction of sp³-hybridized carbons (Fsp3) is 0.200. The molecule has 2 aromatic carbocycles. The van der Waals surface area contributed by atoms with Gasteiger partial charge in [-0.1, -0.05) is 23.7 Å². The fourth-order valence-electron chi connectivity index (χ4n) is 2.74. The van der Waals surface area contributed by atoms with Crippen molar-refractivity contribution < 1.29 is 14.4 Å². The molecule has 0 unspecified atom stereocenters. The highest BCUT2D eigenvalue weighted by Crippen LogP contribution is 2.14. The number of benzene rings is 2. The maximum atomic E-state index is 12.1. The average Bonchev–Trinajstić information content (AvgIpc) is 3.02. The van der Waals surface area contributed by atoms with Crippen LogP contribution in [-0.4, -0.2) is 33.8 Å². The zero-order valence-corrected chi connectivity index (χ0v) is 16.5. The quantitative estimate of drug-likeness (QED) is 0.535. The predicted molar refractivity (Wildman–Crippen MR) is 109 cm³/mol. The molecule has 0 radical (unpaired) electrons. The molecule has 0 saturated heterocycles. The summed E-state index contributed by atoms with van der Waals surface area (Å²) in [5, 5.41) is 3.17. The molecule has 8 nitrogen and oxygen atoms in total. The van der Waals surface area contributed by atoms with Crippen molar-refractivity contribution in [2.24, 2.45) is 7.05 Å². The lowest BCUT2D eigenvalue weighted by molar-refractivity contribution is -0.128. The van der Waals surface area contributed by atoms with E-state index in [1.807, 2.05) is 35.9 Å². The van der Waals surface area contributed by atoms with Crippen molar-refractivity contribution in [2.45, 2.75) is 12.8 Å². The minimum absolute atomic E-state index is 0.0197. The summed E-state index contributed by atoms with van der Waals surface area (Å²) in [5.41, 5.74) is 6.87. The van der Waals surface area contributed by atoms with Gasteiger partial charge in [0.25, 0.3) is 5.91 Å². The molecule has 3 rings (SSSR count). The summed E-state index contributed by atoms with van der Waals surface area (Å²) in [6.45, 7) is 0.133. The van der Waals surface area contributed by atoms with Crippen LogP contribution in [0.4, 0.5) is 0 Å². The molecule has 0 spiro atoms. The Bertz CT molecular complexity index is 1050. The van der Waals surface area contributed by atoms with Crippen LogP contribution in [0.5, 0.6) is 0 Å². The second-order valence-corrected chi connectivity index (χ2v) is 6.80. The van der Waals surface area contributed by atoms with E-state index in [1.54, 1.807) is 24.3 Å². The molecule has 3 amide bonds. The number of nitrogens with one attached hydrogen (secondary N) is 3. The smallest absolute Gasteiger partial charge is 0.251 e. The number of hydrazine groups is 1. The summed E-state index contributed by atoms with van der Waals surface area (Å²) < 4.78 is 1.84. The Morgan fingerprint density at radius 3 is 2.41 bits per heavy atom. The number of halogens is 1. The first-order valence-electron chi connectivity index (χ1n) is 8.96. The summed E-state index contributed by atoms with van der Waals surface area (Å²) in [5.74, 6) is -0.518. The van der Waals surface area contributed by atoms with Gasteiger partial charge in [-0.3, -0.25) is 25.2 Å². The van der Waals surface area contributed by atoms with Gasteiger partial charge in [0.1, 0.15) is 5.82 Å². The van der Waals surface area contributed by atoms with Crippen LogP contribution in [0.3, 0.4) is 0 Å². The second-order valence-electron chi connectivity index (χ2n) is 6.36. The van der Waals surface area contributed by atoms with Gasteiger partial charge in [0.2, 0.25) is 11.8 Å². The number of imidazole rings is 1. The third-order valence-corrected chi connectivity index (χ3v) is 4.54. The molecule has 1 heterocycles. The number of para-hydroxylation sites is 2. The predicted octanol–water partition coefficient (Wildman–Crippen LogP) is 1.74. The van der Waals surface area contributed by atoms with E-state index in [0.717, 1.165) is 11.0 Å². The Morgan fingerprint density at radius 2 is 1.69 bits per heavy atom. The molecular formula is C20H20ClN5O3. The van der Waals surface area contributed by atoms with Crippen molar-refractivity contribution in [3.8, 4) is 0 Å². The third-order valence-electron chi connectivity index (χ3n) is 4.28. The number of aromatic nitrogens is 2. The van der Waals surface area contributed by atoms with Crippen LogP contribution in [0.15, 0.2) is 48.5 Å². The van der Waals surface area contributed by atoms with Crippen molar-refractivity contribution in [1.29, 1.82) is 0 Å². The number of rotatable bonds is 6. The van der Waals surface area contributed by atoms with E-state index < -0.39 is 5.91 Å². The van der Waals surface area contributed by atoms with Crippen molar-refractivity contribution in [2.75, 3.05) is 6.54 Å². The van der Waals surface area contributed by atoms with Crippen LogP contribution in [0, 0.1) is 0 Å². The Labute approximate surface area is 172 Å². The molecule has 0 bridgehead atoms. The highest BCUT2D eigenvalue weighted by Gasteiger charge is 2.12. The topological polar surface area (TPSA) is 105 Å². The molecule has 0 saturated carbocycles. The fourth-order valence-corrected chi connectivity index (χ4v) is 2.86. The summed E-state index contributed by atoms with van der Waals surface area (Å²) in [4.78, 5) is 40.3. The number of hydrogen-bond acceptors (Lipinski definition) is 4. The van der Waals surface area contributed by atoms with E-state index in [-0.39, 0.29) is 31.2 Å². The maximum Gasteiger partial charge on any atom is 0.251 e. The molecule has 1 aromatic heterocycles. The van der Waals surface area contributed by atoms with Gasteiger partial charge in [0.05, 0.1) is 17.5 Å². The monoisotopic (exact) mass is 413 g/mol. The molecule has 0 aliphatic carbocycles. The van der Waals surface area contributed by atoms with E-state index >= 15 is 0 Å². The highest BCUT2D eigenvalue weighted by molar-refractivity contribution is 6.30. The minimum Gasteiger partial charge on any atom is -0.352 e. The van der Waals surface area contributed by atoms with E-state index in [4.69, 9.17) is 11.6 Å². The number of hydrogen-bond donors (Lipinski definition) is 3. The van der Waals surface area contributed by atoms with Crippen LogP contribution in [0.25, 0.3) is 11.0 Å². The van der Waals surface area contributed by atoms with Gasteiger partial charge in [-0.2, -0.15) is 0 Å². The zero-order valence-electron chi connectivity index (χ0n) is 15.7. The van der Waals surface area contributed by atoms with Gasteiger partial charge in [0.15, 0.2) is 0 Å². The van der Waals surface area contributed by atoms with E-state index in [2.05, 4.69) is 21.2 Å². The Morgan fingerprint density at radius 1 is 1.00 bits per heavy atom. The molecule has 0 aliphatic rings. The van der Waals surface area contributed by atoms with Gasteiger partial charge >= 0.3 is 0 Å². The second kappa shape index (κ2) is 9.20. The standard InChI is InChI=1S/C20H20ClN5O3/c1-26-16-5-3-2-4-15(16)23-17(26)12-19(28)25-24-18(27)10-11-22-20(29)13-6-8-14(21)9-7-13/h2-9H,10-12H2,1H3,(H,22,29)(H,24,27)(H,25,28). The van der Waals surface area contributed by atoms with Crippen molar-refractivity contribution >= 4 is 40.4 Å². The molecule has 29 heavy (non-hydrogen) atoms. The van der Waals surface area contributed by atoms with E-state index in [9.17, 15) is 14.4 Å². The van der Waals surface area contributed by atoms with Crippen molar-refractivity contribution in [1.82, 2.24) is 25.7 Å². The van der Waals surface area contributed by atoms with Gasteiger partial charge < -0.3 is 9.88 Å². The van der Waals surface area contributed by atoms with Crippen LogP contribution in [0.2, 0.25) is 5.02 Å². The Hall–Kier alpha value is -3.39. The lowest BCUT2D eigenvalue weighted by Gasteiger charge is -2.08. The minimum atomic E-state index is -0.417. The normalized spacial score (nSPS) is 10.6. The first-order chi connectivity index (χ1) is 13.9. The molecule has 0 aliphatic heterocycles. The largest absolute Gasteiger partial charge is 0.352 e. The number of nitrogens with zero attached hydrogens (tertiary/aromatic N) is 2. The molecule has 9 heteroatoms. The molecule has 3 N–H and O–H groups in total. The molecular weight excluding hydrogens is 394 g/mol. The summed E-state index contributed by atoms with van der Waals surface area (Å²) in [6.07, 6.45) is 0.0463. The number of carbonyl (C=O) groups is 3. The molecule has 0 atom stereocenters. The summed E-state index contributed by atoms with van der Waals surface area (Å²) >= 11 is 5.78. The average molecular weight is 414 g/mol. The van der Waals surface area contributed by atoms with Gasteiger partial charge in [-0.05, 0) is 36.4 Å². The summed E-state index contributed by atoms with van der Waals surface area (Å²) in [7, 11) is 1.83. The lowest BCUT2D eigenvalue weighted by Crippen LogP contribution is -2.43. The van der Waals surface area contributed by atoms with E-state index in [0.29, 0.717) is 16.4 Å². The summed E-state index contributed by atoms with van der Waals surface area (Å²) in [6, 6.07) is 14.0. The van der Waals surface area contributed by atoms with Crippen LogP contribution in [0.1, 0.15) is 22.6 Å². The van der Waals surface area contributed by atoms with Crippen molar-refractivity contribution in [3.05, 3.63) is 64.9 Å². The van der Waals surface area contributed by atoms with Crippen LogP contribution >= 0.6 is 11.6 Å². The lowest BCUT2D eigenvalue weighted by atomic mass is 10.2. The highest BCUT2D eigenvalue weighted by atomic mass is 35.5. The van der Waals surface area contributed by atoms with Crippen LogP contribution < -0.4 is 16.2 Å². The van der Waals surface area contributed by atoms with E-state index in [1.165, 1.54) is 0 Å². The SMILES string of the molecule is Cn1c(CC(=O)NNC(=O)CCNC(=O)c2ccc(Cl)cc2)nc2ccccc21. The maximum absolute atomic E-state index is 12.1. The first-order valence-corrected chi connectivity index (χ1v) is 9.33. The Balaban J connectivity index is 1.40.